The number of fused-ring (bicyclic) bond motifs is 1. The quantitative estimate of drug-likeness (QED) is 0.485. The first-order valence-corrected chi connectivity index (χ1v) is 11.0. The highest BCUT2D eigenvalue weighted by molar-refractivity contribution is 5.92. The number of piperazine rings is 1. The van der Waals surface area contributed by atoms with Gasteiger partial charge in [-0.3, -0.25) is 4.90 Å². The number of anilines is 1. The first-order valence-electron chi connectivity index (χ1n) is 11.0. The Kier molecular flexibility index (Phi) is 5.75. The molecule has 1 fully saturated rings. The Hall–Kier alpha value is -3.41. The summed E-state index contributed by atoms with van der Waals surface area (Å²) < 4.78 is 5.44. The minimum Gasteiger partial charge on any atom is -0.422 e. The summed E-state index contributed by atoms with van der Waals surface area (Å²) in [4.78, 5) is 17.2. The van der Waals surface area contributed by atoms with Gasteiger partial charge in [0.1, 0.15) is 5.58 Å². The van der Waals surface area contributed by atoms with Gasteiger partial charge in [-0.25, -0.2) is 4.79 Å². The number of rotatable bonds is 5. The van der Waals surface area contributed by atoms with Crippen molar-refractivity contribution in [1.29, 1.82) is 0 Å². The molecule has 0 atom stereocenters. The summed E-state index contributed by atoms with van der Waals surface area (Å²) in [7, 11) is 0. The van der Waals surface area contributed by atoms with Gasteiger partial charge in [-0.05, 0) is 23.3 Å². The Labute approximate surface area is 187 Å². The Bertz CT molecular complexity index is 1210. The molecule has 32 heavy (non-hydrogen) atoms. The molecule has 0 spiro atoms. The molecule has 1 aliphatic heterocycles. The van der Waals surface area contributed by atoms with Crippen LogP contribution >= 0.6 is 0 Å². The first-order chi connectivity index (χ1) is 15.8. The van der Waals surface area contributed by atoms with Crippen molar-refractivity contribution in [3.63, 3.8) is 0 Å². The molecule has 1 aliphatic rings. The van der Waals surface area contributed by atoms with Gasteiger partial charge >= 0.3 is 5.63 Å². The maximum atomic E-state index is 12.5. The fourth-order valence-corrected chi connectivity index (χ4v) is 4.76. The monoisotopic (exact) mass is 426 g/mol. The van der Waals surface area contributed by atoms with Crippen LogP contribution in [0.15, 0.2) is 94.1 Å². The van der Waals surface area contributed by atoms with Crippen LogP contribution in [0.4, 0.5) is 5.69 Å². The summed E-state index contributed by atoms with van der Waals surface area (Å²) in [5.74, 6) is 0. The molecule has 5 rings (SSSR count). The fraction of sp³-hybridized carbons (Fsp3) is 0.222. The number of nitrogens with zero attached hydrogens (tertiary/aromatic N) is 2. The van der Waals surface area contributed by atoms with Gasteiger partial charge < -0.3 is 14.4 Å². The third-order valence-corrected chi connectivity index (χ3v) is 6.26. The number of aliphatic hydroxyl groups excluding tert-OH is 1. The van der Waals surface area contributed by atoms with Crippen LogP contribution in [0.2, 0.25) is 0 Å². The van der Waals surface area contributed by atoms with E-state index < -0.39 is 5.63 Å². The predicted molar refractivity (Wildman–Crippen MR) is 127 cm³/mol. The lowest BCUT2D eigenvalue weighted by Crippen LogP contribution is -2.48. The molecule has 0 radical (unpaired) electrons. The minimum atomic E-state index is -0.463. The van der Waals surface area contributed by atoms with Crippen molar-refractivity contribution >= 4 is 16.7 Å². The van der Waals surface area contributed by atoms with E-state index in [1.54, 1.807) is 6.07 Å². The topological polar surface area (TPSA) is 56.9 Å². The maximum Gasteiger partial charge on any atom is 0.343 e. The summed E-state index contributed by atoms with van der Waals surface area (Å²) in [6.45, 7) is 2.87. The molecule has 4 aromatic rings. The summed E-state index contributed by atoms with van der Waals surface area (Å²) in [6, 6.07) is 28.9. The van der Waals surface area contributed by atoms with E-state index >= 15 is 0 Å². The number of para-hydroxylation sites is 1. The first kappa shape index (κ1) is 20.5. The molecule has 1 aromatic heterocycles. The van der Waals surface area contributed by atoms with Crippen LogP contribution in [-0.2, 0) is 6.61 Å². The zero-order valence-electron chi connectivity index (χ0n) is 17.9. The molecule has 0 saturated carbocycles. The van der Waals surface area contributed by atoms with Crippen molar-refractivity contribution in [3.05, 3.63) is 112 Å². The standard InChI is InChI=1S/C27H26N2O3/c30-19-23-26(22-13-7-8-14-24(22)32-27(23)31)29-17-15-28(16-18-29)25(20-9-3-1-4-10-20)21-11-5-2-6-12-21/h1-14,25,30H,15-19H2. The zero-order valence-corrected chi connectivity index (χ0v) is 17.9. The lowest BCUT2D eigenvalue weighted by atomic mass is 9.96. The third-order valence-electron chi connectivity index (χ3n) is 6.26. The number of hydrogen-bond acceptors (Lipinski definition) is 5. The largest absolute Gasteiger partial charge is 0.422 e. The second-order valence-electron chi connectivity index (χ2n) is 8.12. The van der Waals surface area contributed by atoms with Crippen molar-refractivity contribution in [3.8, 4) is 0 Å². The van der Waals surface area contributed by atoms with Gasteiger partial charge in [-0.2, -0.15) is 0 Å². The SMILES string of the molecule is O=c1oc2ccccc2c(N2CCN(C(c3ccccc3)c3ccccc3)CC2)c1CO. The van der Waals surface area contributed by atoms with Gasteiger partial charge in [0, 0.05) is 31.6 Å². The van der Waals surface area contributed by atoms with Crippen molar-refractivity contribution in [2.45, 2.75) is 12.6 Å². The number of aliphatic hydroxyl groups is 1. The zero-order chi connectivity index (χ0) is 21.9. The maximum absolute atomic E-state index is 12.5. The van der Waals surface area contributed by atoms with Gasteiger partial charge in [0.2, 0.25) is 0 Å². The highest BCUT2D eigenvalue weighted by atomic mass is 16.4. The lowest BCUT2D eigenvalue weighted by molar-refractivity contribution is 0.211. The molecule has 1 saturated heterocycles. The van der Waals surface area contributed by atoms with Crippen LogP contribution in [0, 0.1) is 0 Å². The average molecular weight is 427 g/mol. The molecular formula is C27H26N2O3. The van der Waals surface area contributed by atoms with E-state index in [1.165, 1.54) is 11.1 Å². The second-order valence-corrected chi connectivity index (χ2v) is 8.12. The van der Waals surface area contributed by atoms with Crippen LogP contribution in [0.25, 0.3) is 11.0 Å². The van der Waals surface area contributed by atoms with E-state index in [1.807, 2.05) is 30.3 Å². The van der Waals surface area contributed by atoms with E-state index in [9.17, 15) is 9.90 Å². The average Bonchev–Trinajstić information content (AvgIpc) is 2.85. The van der Waals surface area contributed by atoms with Crippen LogP contribution in [0.3, 0.4) is 0 Å². The Morgan fingerprint density at radius 1 is 0.781 bits per heavy atom. The van der Waals surface area contributed by atoms with E-state index in [2.05, 4.69) is 58.3 Å². The van der Waals surface area contributed by atoms with Gasteiger partial charge in [0.25, 0.3) is 0 Å². The van der Waals surface area contributed by atoms with Gasteiger partial charge in [-0.1, -0.05) is 72.8 Å². The Morgan fingerprint density at radius 3 is 1.94 bits per heavy atom. The molecule has 3 aromatic carbocycles. The van der Waals surface area contributed by atoms with Crippen LogP contribution in [0.1, 0.15) is 22.7 Å². The summed E-state index contributed by atoms with van der Waals surface area (Å²) >= 11 is 0. The minimum absolute atomic E-state index is 0.175. The van der Waals surface area contributed by atoms with Gasteiger partial charge in [0.05, 0.1) is 23.9 Å². The van der Waals surface area contributed by atoms with Crippen molar-refractivity contribution in [1.82, 2.24) is 4.90 Å². The van der Waals surface area contributed by atoms with Crippen LogP contribution < -0.4 is 10.5 Å². The number of benzene rings is 3. The lowest BCUT2D eigenvalue weighted by Gasteiger charge is -2.41. The van der Waals surface area contributed by atoms with Crippen molar-refractivity contribution < 1.29 is 9.52 Å². The molecule has 0 bridgehead atoms. The van der Waals surface area contributed by atoms with E-state index in [0.29, 0.717) is 11.1 Å². The molecule has 0 amide bonds. The van der Waals surface area contributed by atoms with Crippen molar-refractivity contribution in [2.24, 2.45) is 0 Å². The Balaban J connectivity index is 1.47. The van der Waals surface area contributed by atoms with E-state index in [-0.39, 0.29) is 12.6 Å². The smallest absolute Gasteiger partial charge is 0.343 e. The summed E-state index contributed by atoms with van der Waals surface area (Å²) in [6.07, 6.45) is 0. The molecule has 2 heterocycles. The van der Waals surface area contributed by atoms with Crippen molar-refractivity contribution in [2.75, 3.05) is 31.1 Å². The summed E-state index contributed by atoms with van der Waals surface area (Å²) in [5, 5.41) is 10.8. The molecular weight excluding hydrogens is 400 g/mol. The highest BCUT2D eigenvalue weighted by Crippen LogP contribution is 2.33. The van der Waals surface area contributed by atoms with Crippen LogP contribution in [-0.4, -0.2) is 36.2 Å². The van der Waals surface area contributed by atoms with Gasteiger partial charge in [-0.15, -0.1) is 0 Å². The fourth-order valence-electron chi connectivity index (χ4n) is 4.76. The molecule has 1 N–H and O–H groups in total. The normalized spacial score (nSPS) is 14.9. The third kappa shape index (κ3) is 3.81. The molecule has 0 unspecified atom stereocenters. The Morgan fingerprint density at radius 2 is 1.34 bits per heavy atom. The molecule has 162 valence electrons. The van der Waals surface area contributed by atoms with Gasteiger partial charge in [0.15, 0.2) is 0 Å². The molecule has 5 nitrogen and oxygen atoms in total. The molecule has 0 aliphatic carbocycles. The van der Waals surface area contributed by atoms with E-state index in [0.717, 1.165) is 37.3 Å². The van der Waals surface area contributed by atoms with Crippen LogP contribution in [0.5, 0.6) is 0 Å². The summed E-state index contributed by atoms with van der Waals surface area (Å²) in [5.41, 5.74) is 3.77. The highest BCUT2D eigenvalue weighted by Gasteiger charge is 2.28. The second kappa shape index (κ2) is 8.99. The predicted octanol–water partition coefficient (Wildman–Crippen LogP) is 4.20. The van der Waals surface area contributed by atoms with E-state index in [4.69, 9.17) is 4.42 Å². The number of hydrogen-bond donors (Lipinski definition) is 1. The molecule has 5 heteroatoms.